The molecule has 4 saturated heterocycles. The summed E-state index contributed by atoms with van der Waals surface area (Å²) >= 11 is 26.5. The molecule has 0 amide bonds. The SMILES string of the molecule is COP(O)(=S)OC[C@H]1O[C@@H](n2cc(C)c(=O)[nH]c2=O)C[C@H]1OP(O)(=S)OC[C@H]1O[C@@H](n2cc(C)c(=O)[nH]c2=O)C[C@H]1OP(O)(=S)OC[C@H]1O[C@@H](n2cnc3c(=O)[nH]c(N)nc32)C[C@H]1OP(O)(=S)O[C@H]1O[C@@H](n2cc(C)c(=O)[nH]c2=O)C[C@H]1OP(O)(=S)OC. The Morgan fingerprint density at radius 3 is 1.30 bits per heavy atom. The summed E-state index contributed by atoms with van der Waals surface area (Å²) in [7, 11) is 2.18. The van der Waals surface area contributed by atoms with Crippen molar-refractivity contribution in [3.05, 3.63) is 114 Å². The van der Waals surface area contributed by atoms with E-state index in [0.717, 1.165) is 27.9 Å². The lowest BCUT2D eigenvalue weighted by atomic mass is 10.2. The maximum absolute atomic E-state index is 13.2. The number of H-pyrrole nitrogens is 4. The Kier molecular flexibility index (Phi) is 21.4. The minimum Gasteiger partial charge on any atom is -0.369 e. The van der Waals surface area contributed by atoms with Gasteiger partial charge in [-0.15, -0.1) is 0 Å². The second kappa shape index (κ2) is 27.3. The molecule has 4 aliphatic heterocycles. The quantitative estimate of drug-likeness (QED) is 0.0325. The van der Waals surface area contributed by atoms with Crippen LogP contribution in [0.2, 0.25) is 0 Å². The van der Waals surface area contributed by atoms with Crippen molar-refractivity contribution in [1.29, 1.82) is 0 Å². The first-order valence-corrected chi connectivity index (χ1v) is 38.5. The van der Waals surface area contributed by atoms with E-state index < -0.39 is 167 Å². The van der Waals surface area contributed by atoms with Crippen molar-refractivity contribution in [3.8, 4) is 0 Å². The van der Waals surface area contributed by atoms with Gasteiger partial charge in [-0.1, -0.05) is 0 Å². The van der Waals surface area contributed by atoms with Gasteiger partial charge in [-0.3, -0.25) is 66.4 Å². The number of nitrogens with one attached hydrogen (secondary N) is 4. The van der Waals surface area contributed by atoms with Crippen LogP contribution in [-0.2, 0) is 123 Å². The van der Waals surface area contributed by atoms with Gasteiger partial charge in [-0.25, -0.2) is 19.4 Å². The van der Waals surface area contributed by atoms with Crippen LogP contribution in [0.1, 0.15) is 67.3 Å². The molecular formula is C41H56N11O26P5S5. The molecule has 9 heterocycles. The van der Waals surface area contributed by atoms with Gasteiger partial charge in [0.1, 0.15) is 49.3 Å². The zero-order valence-electron chi connectivity index (χ0n) is 46.0. The summed E-state index contributed by atoms with van der Waals surface area (Å²) in [5.74, 6) is -0.287. The molecule has 9 rings (SSSR count). The van der Waals surface area contributed by atoms with Crippen LogP contribution in [0.25, 0.3) is 11.2 Å². The van der Waals surface area contributed by atoms with E-state index in [4.69, 9.17) is 129 Å². The smallest absolute Gasteiger partial charge is 0.330 e. The van der Waals surface area contributed by atoms with Gasteiger partial charge in [0.15, 0.2) is 17.5 Å². The molecule has 37 nitrogen and oxygen atoms in total. The highest BCUT2D eigenvalue weighted by atomic mass is 32.5. The van der Waals surface area contributed by atoms with E-state index in [1.54, 1.807) is 0 Å². The Bertz CT molecular complexity index is 4160. The molecule has 0 spiro atoms. The molecule has 0 aromatic carbocycles. The van der Waals surface area contributed by atoms with Crippen molar-refractivity contribution < 1.29 is 88.7 Å². The molecule has 4 aliphatic rings. The number of hydrogen-bond donors (Lipinski definition) is 10. The van der Waals surface area contributed by atoms with Crippen LogP contribution in [0.5, 0.6) is 0 Å². The second-order valence-electron chi connectivity index (χ2n) is 19.8. The molecule has 0 bridgehead atoms. The molecule has 5 unspecified atom stereocenters. The second-order valence-corrected chi connectivity index (χ2v) is 33.9. The number of aryl methyl sites for hydroxylation is 3. The van der Waals surface area contributed by atoms with Crippen LogP contribution in [0.3, 0.4) is 0 Å². The highest BCUT2D eigenvalue weighted by molar-refractivity contribution is 8.08. The number of aromatic nitrogens is 10. The highest BCUT2D eigenvalue weighted by Crippen LogP contribution is 2.57. The van der Waals surface area contributed by atoms with E-state index >= 15 is 0 Å². The number of hydrogen-bond acceptors (Lipinski definition) is 29. The van der Waals surface area contributed by atoms with E-state index in [1.165, 1.54) is 50.3 Å². The van der Waals surface area contributed by atoms with Gasteiger partial charge in [-0.2, -0.15) is 4.98 Å². The Balaban J connectivity index is 0.946. The normalized spacial score (nSPS) is 29.2. The molecule has 0 radical (unpaired) electrons. The molecule has 47 heteroatoms. The van der Waals surface area contributed by atoms with Gasteiger partial charge < -0.3 is 85.3 Å². The fourth-order valence-electron chi connectivity index (χ4n) is 9.42. The average Bonchev–Trinajstić information content (AvgIpc) is 2.22. The fraction of sp³-hybridized carbons (Fsp3) is 0.585. The molecular weight excluding hydrogens is 1380 g/mol. The first-order valence-electron chi connectivity index (χ1n) is 25.5. The van der Waals surface area contributed by atoms with Crippen molar-refractivity contribution in [2.24, 2.45) is 0 Å². The summed E-state index contributed by atoms with van der Waals surface area (Å²) in [5, 5.41) is 0. The lowest BCUT2D eigenvalue weighted by Gasteiger charge is -2.29. The largest absolute Gasteiger partial charge is 0.369 e. The van der Waals surface area contributed by atoms with E-state index in [2.05, 4.69) is 29.9 Å². The third-order valence-electron chi connectivity index (χ3n) is 13.7. The zero-order chi connectivity index (χ0) is 64.2. The number of anilines is 1. The highest BCUT2D eigenvalue weighted by Gasteiger charge is 2.49. The Labute approximate surface area is 518 Å². The topological polar surface area (TPSA) is 485 Å². The average molecular weight is 1430 g/mol. The van der Waals surface area contributed by atoms with Crippen LogP contribution < -0.4 is 45.0 Å². The van der Waals surface area contributed by atoms with Gasteiger partial charge in [0.05, 0.1) is 44.5 Å². The maximum Gasteiger partial charge on any atom is 0.330 e. The van der Waals surface area contributed by atoms with Crippen molar-refractivity contribution in [3.63, 3.8) is 0 Å². The number of fused-ring (bicyclic) bond motifs is 1. The number of nitrogen functional groups attached to an aromatic ring is 1. The molecule has 17 atom stereocenters. The Morgan fingerprint density at radius 2 is 0.875 bits per heavy atom. The number of nitrogens with zero attached hydrogens (tertiary/aromatic N) is 6. The van der Waals surface area contributed by atoms with Gasteiger partial charge >= 0.3 is 50.7 Å². The fourth-order valence-corrected chi connectivity index (χ4v) is 15.6. The number of ether oxygens (including phenoxy) is 4. The van der Waals surface area contributed by atoms with Crippen LogP contribution in [0, 0.1) is 20.8 Å². The molecule has 88 heavy (non-hydrogen) atoms. The van der Waals surface area contributed by atoms with Crippen molar-refractivity contribution in [1.82, 2.24) is 48.2 Å². The summed E-state index contributed by atoms with van der Waals surface area (Å²) < 4.78 is 85.3. The summed E-state index contributed by atoms with van der Waals surface area (Å²) in [6.07, 6.45) is -12.4. The van der Waals surface area contributed by atoms with E-state index in [1.807, 2.05) is 0 Å². The summed E-state index contributed by atoms with van der Waals surface area (Å²) in [6, 6.07) is 0. The van der Waals surface area contributed by atoms with Crippen LogP contribution in [0.15, 0.2) is 58.5 Å². The zero-order valence-corrected chi connectivity index (χ0v) is 54.6. The van der Waals surface area contributed by atoms with Gasteiger partial charge in [0, 0.05) is 75.2 Å². The van der Waals surface area contributed by atoms with E-state index in [9.17, 15) is 58.0 Å². The first kappa shape index (κ1) is 69.0. The molecule has 0 saturated carbocycles. The molecule has 4 fully saturated rings. The van der Waals surface area contributed by atoms with Crippen LogP contribution >= 0.6 is 33.6 Å². The Hall–Kier alpha value is -3.32. The van der Waals surface area contributed by atoms with E-state index in [0.29, 0.717) is 0 Å². The van der Waals surface area contributed by atoms with Gasteiger partial charge in [0.2, 0.25) is 5.95 Å². The van der Waals surface area contributed by atoms with Crippen LogP contribution in [0.4, 0.5) is 5.95 Å². The number of imidazole rings is 1. The standard InChI is InChI=1S/C41H56N11O26P5S5/c1-17-10-49(39(57)46-33(17)53)27-6-20(24(70-27)13-67-79(60,84)65-4)74-81(62,86)68-14-25-21(7-28(71-25)50-11-18(2)34(54)47-40(50)58)75-82(63,87)69-15-26-22(8-30(72-26)52-16-43-31-32(52)44-38(42)45-36(31)56)76-83(64,88)78-37-23(77-80(61,85)66-5)9-29(73-37)51-12-19(3)35(55)48-41(51)59/h10-12,16,20-30,37H,6-9,13-15H2,1-5H3,(H,60,84)(H,61,85)(H,62,86)(H,63,87)(H,64,88)(H,46,53,57)(H,47,54,58)(H,48,55,59)(H3,42,44,45,56)/t20-,21-,22-,23-,24-,25-,26-,27-,28-,29-,30-,37-,79?,80?,81?,82?,83?/m1/s1. The molecule has 5 aromatic rings. The molecule has 5 aromatic heterocycles. The van der Waals surface area contributed by atoms with Crippen molar-refractivity contribution in [2.75, 3.05) is 39.8 Å². The summed E-state index contributed by atoms with van der Waals surface area (Å²) in [4.78, 5) is 162. The summed E-state index contributed by atoms with van der Waals surface area (Å²) in [6.45, 7) is -19.3. The maximum atomic E-state index is 13.2. The van der Waals surface area contributed by atoms with Gasteiger partial charge in [0.25, 0.3) is 22.2 Å². The van der Waals surface area contributed by atoms with Crippen LogP contribution in [-0.4, -0.2) is 156 Å². The lowest BCUT2D eigenvalue weighted by Crippen LogP contribution is -2.33. The molecule has 486 valence electrons. The van der Waals surface area contributed by atoms with Crippen molar-refractivity contribution >= 4 is 110 Å². The lowest BCUT2D eigenvalue weighted by molar-refractivity contribution is -0.131. The van der Waals surface area contributed by atoms with E-state index in [-0.39, 0.29) is 59.5 Å². The Morgan fingerprint density at radius 1 is 0.511 bits per heavy atom. The number of nitrogens with two attached hydrogens (primary N) is 1. The number of rotatable bonds is 25. The third-order valence-corrected chi connectivity index (χ3v) is 21.8. The van der Waals surface area contributed by atoms with Crippen molar-refractivity contribution in [2.45, 2.75) is 120 Å². The first-order chi connectivity index (χ1) is 41.1. The monoisotopic (exact) mass is 1430 g/mol. The predicted octanol–water partition coefficient (Wildman–Crippen LogP) is -0.631. The number of aromatic amines is 4. The third kappa shape index (κ3) is 16.5. The minimum absolute atomic E-state index is 0.0571. The minimum atomic E-state index is -4.66. The summed E-state index contributed by atoms with van der Waals surface area (Å²) in [5.41, 5.74) is 0.614. The predicted molar refractivity (Wildman–Crippen MR) is 320 cm³/mol. The molecule has 11 N–H and O–H groups in total. The van der Waals surface area contributed by atoms with Gasteiger partial charge in [-0.05, 0) is 79.8 Å². The molecule has 0 aliphatic carbocycles.